The Morgan fingerprint density at radius 2 is 1.95 bits per heavy atom. The van der Waals surface area contributed by atoms with Gasteiger partial charge in [0.2, 0.25) is 0 Å². The van der Waals surface area contributed by atoms with Crippen molar-refractivity contribution in [1.82, 2.24) is 14.9 Å². The van der Waals surface area contributed by atoms with Crippen LogP contribution in [0.2, 0.25) is 0 Å². The van der Waals surface area contributed by atoms with Gasteiger partial charge in [0.05, 0.1) is 12.0 Å². The van der Waals surface area contributed by atoms with Crippen LogP contribution in [0.5, 0.6) is 0 Å². The van der Waals surface area contributed by atoms with Gasteiger partial charge in [0.1, 0.15) is 11.6 Å². The van der Waals surface area contributed by atoms with E-state index in [9.17, 15) is 8.78 Å². The van der Waals surface area contributed by atoms with Gasteiger partial charge in [0, 0.05) is 25.4 Å². The maximum Gasteiger partial charge on any atom is 0.126 e. The number of benzene rings is 1. The fourth-order valence-corrected chi connectivity index (χ4v) is 1.89. The lowest BCUT2D eigenvalue weighted by atomic mass is 10.2. The molecule has 5 heteroatoms. The van der Waals surface area contributed by atoms with E-state index in [-0.39, 0.29) is 0 Å². The Bertz CT molecular complexity index is 517. The normalized spacial score (nSPS) is 10.9. The topological polar surface area (TPSA) is 29.9 Å². The average Bonchev–Trinajstić information content (AvgIpc) is 2.76. The van der Waals surface area contributed by atoms with Gasteiger partial charge < -0.3 is 9.88 Å². The summed E-state index contributed by atoms with van der Waals surface area (Å²) >= 11 is 0. The number of imidazole rings is 1. The number of hydrogen-bond acceptors (Lipinski definition) is 2. The predicted molar refractivity (Wildman–Crippen MR) is 69.7 cm³/mol. The van der Waals surface area contributed by atoms with Crippen molar-refractivity contribution in [3.05, 3.63) is 53.6 Å². The van der Waals surface area contributed by atoms with Crippen LogP contribution in [0.4, 0.5) is 8.78 Å². The van der Waals surface area contributed by atoms with Crippen LogP contribution >= 0.6 is 0 Å². The molecule has 19 heavy (non-hydrogen) atoms. The zero-order valence-electron chi connectivity index (χ0n) is 10.9. The van der Waals surface area contributed by atoms with Crippen LogP contribution in [-0.4, -0.2) is 16.1 Å². The zero-order chi connectivity index (χ0) is 13.7. The van der Waals surface area contributed by atoms with E-state index in [1.807, 2.05) is 10.8 Å². The van der Waals surface area contributed by atoms with Crippen LogP contribution in [-0.2, 0) is 13.1 Å². The summed E-state index contributed by atoms with van der Waals surface area (Å²) < 4.78 is 27.9. The van der Waals surface area contributed by atoms with Crippen molar-refractivity contribution in [2.45, 2.75) is 26.4 Å². The molecule has 2 aromatic rings. The molecule has 0 unspecified atom stereocenters. The lowest BCUT2D eigenvalue weighted by Crippen LogP contribution is -2.13. The van der Waals surface area contributed by atoms with Gasteiger partial charge >= 0.3 is 0 Å². The van der Waals surface area contributed by atoms with Crippen molar-refractivity contribution in [2.24, 2.45) is 0 Å². The number of halogens is 2. The molecule has 2 rings (SSSR count). The van der Waals surface area contributed by atoms with E-state index >= 15 is 0 Å². The Balaban J connectivity index is 1.99. The SMILES string of the molecule is CCCNCc1cn(Cc2cc(F)cc(F)c2)cn1. The van der Waals surface area contributed by atoms with Crippen LogP contribution in [0.1, 0.15) is 24.6 Å². The summed E-state index contributed by atoms with van der Waals surface area (Å²) in [6.07, 6.45) is 4.63. The minimum atomic E-state index is -0.556. The first-order valence-electron chi connectivity index (χ1n) is 6.33. The molecule has 3 nitrogen and oxygen atoms in total. The second-order valence-corrected chi connectivity index (χ2v) is 4.49. The molecule has 0 spiro atoms. The summed E-state index contributed by atoms with van der Waals surface area (Å²) in [5.74, 6) is -1.11. The van der Waals surface area contributed by atoms with Crippen LogP contribution < -0.4 is 5.32 Å². The molecule has 0 atom stereocenters. The third-order valence-electron chi connectivity index (χ3n) is 2.71. The smallest absolute Gasteiger partial charge is 0.126 e. The third kappa shape index (κ3) is 4.13. The minimum absolute atomic E-state index is 0.412. The van der Waals surface area contributed by atoms with E-state index in [4.69, 9.17) is 0 Å². The molecule has 1 N–H and O–H groups in total. The minimum Gasteiger partial charge on any atom is -0.333 e. The van der Waals surface area contributed by atoms with Gasteiger partial charge in [-0.3, -0.25) is 0 Å². The second-order valence-electron chi connectivity index (χ2n) is 4.49. The van der Waals surface area contributed by atoms with Crippen molar-refractivity contribution < 1.29 is 8.78 Å². The number of rotatable bonds is 6. The van der Waals surface area contributed by atoms with Crippen LogP contribution in [0.15, 0.2) is 30.7 Å². The molecule has 0 saturated heterocycles. The fraction of sp³-hybridized carbons (Fsp3) is 0.357. The van der Waals surface area contributed by atoms with E-state index in [1.54, 1.807) is 6.33 Å². The highest BCUT2D eigenvalue weighted by atomic mass is 19.1. The Kier molecular flexibility index (Phi) is 4.63. The molecule has 1 aromatic heterocycles. The van der Waals surface area contributed by atoms with Crippen molar-refractivity contribution >= 4 is 0 Å². The summed E-state index contributed by atoms with van der Waals surface area (Å²) in [4.78, 5) is 4.24. The van der Waals surface area contributed by atoms with Crippen LogP contribution in [0, 0.1) is 11.6 Å². The van der Waals surface area contributed by atoms with Gasteiger partial charge in [-0.05, 0) is 30.7 Å². The maximum atomic E-state index is 13.1. The third-order valence-corrected chi connectivity index (χ3v) is 2.71. The van der Waals surface area contributed by atoms with Gasteiger partial charge in [0.15, 0.2) is 0 Å². The quantitative estimate of drug-likeness (QED) is 0.814. The average molecular weight is 265 g/mol. The predicted octanol–water partition coefficient (Wildman–Crippen LogP) is 2.71. The highest BCUT2D eigenvalue weighted by Crippen LogP contribution is 2.10. The second kappa shape index (κ2) is 6.43. The maximum absolute atomic E-state index is 13.1. The Morgan fingerprint density at radius 3 is 2.63 bits per heavy atom. The molecule has 0 saturated carbocycles. The van der Waals surface area contributed by atoms with E-state index in [0.29, 0.717) is 18.7 Å². The summed E-state index contributed by atoms with van der Waals surface area (Å²) in [6, 6.07) is 3.54. The molecule has 1 heterocycles. The van der Waals surface area contributed by atoms with E-state index < -0.39 is 11.6 Å². The molecule has 102 valence electrons. The molecule has 0 fully saturated rings. The number of nitrogens with one attached hydrogen (secondary N) is 1. The number of aromatic nitrogens is 2. The summed E-state index contributed by atoms with van der Waals surface area (Å²) in [5.41, 5.74) is 1.51. The fourth-order valence-electron chi connectivity index (χ4n) is 1.89. The van der Waals surface area contributed by atoms with Gasteiger partial charge in [0.25, 0.3) is 0 Å². The molecule has 0 radical (unpaired) electrons. The first kappa shape index (κ1) is 13.7. The van der Waals surface area contributed by atoms with Crippen molar-refractivity contribution in [3.8, 4) is 0 Å². The lowest BCUT2D eigenvalue weighted by molar-refractivity contribution is 0.577. The molecule has 0 amide bonds. The standard InChI is InChI=1S/C14H17F2N3/c1-2-3-17-7-14-9-19(10-18-14)8-11-4-12(15)6-13(16)5-11/h4-6,9-10,17H,2-3,7-8H2,1H3. The Hall–Kier alpha value is -1.75. The van der Waals surface area contributed by atoms with Crippen LogP contribution in [0.25, 0.3) is 0 Å². The highest BCUT2D eigenvalue weighted by molar-refractivity contribution is 5.18. The van der Waals surface area contributed by atoms with Gasteiger partial charge in [-0.25, -0.2) is 13.8 Å². The molecular weight excluding hydrogens is 248 g/mol. The van der Waals surface area contributed by atoms with E-state index in [2.05, 4.69) is 17.2 Å². The Labute approximate surface area is 111 Å². The monoisotopic (exact) mass is 265 g/mol. The van der Waals surface area contributed by atoms with Gasteiger partial charge in [-0.15, -0.1) is 0 Å². The first-order chi connectivity index (χ1) is 9.17. The summed E-state index contributed by atoms with van der Waals surface area (Å²) in [6.45, 7) is 4.17. The van der Waals surface area contributed by atoms with Gasteiger partial charge in [-0.1, -0.05) is 6.92 Å². The zero-order valence-corrected chi connectivity index (χ0v) is 10.9. The molecule has 0 bridgehead atoms. The van der Waals surface area contributed by atoms with E-state index in [1.165, 1.54) is 12.1 Å². The van der Waals surface area contributed by atoms with Crippen LogP contribution in [0.3, 0.4) is 0 Å². The number of hydrogen-bond donors (Lipinski definition) is 1. The van der Waals surface area contributed by atoms with Crippen molar-refractivity contribution in [1.29, 1.82) is 0 Å². The lowest BCUT2D eigenvalue weighted by Gasteiger charge is -2.03. The first-order valence-corrected chi connectivity index (χ1v) is 6.33. The van der Waals surface area contributed by atoms with E-state index in [0.717, 1.165) is 24.7 Å². The molecule has 0 aliphatic heterocycles. The largest absolute Gasteiger partial charge is 0.333 e. The summed E-state index contributed by atoms with van der Waals surface area (Å²) in [5, 5.41) is 3.25. The summed E-state index contributed by atoms with van der Waals surface area (Å²) in [7, 11) is 0. The highest BCUT2D eigenvalue weighted by Gasteiger charge is 2.03. The van der Waals surface area contributed by atoms with Gasteiger partial charge in [-0.2, -0.15) is 0 Å². The molecule has 0 aliphatic carbocycles. The van der Waals surface area contributed by atoms with Crippen molar-refractivity contribution in [2.75, 3.05) is 6.54 Å². The molecule has 1 aromatic carbocycles. The Morgan fingerprint density at radius 1 is 1.21 bits per heavy atom. The number of nitrogens with zero attached hydrogens (tertiary/aromatic N) is 2. The molecular formula is C14H17F2N3. The molecule has 0 aliphatic rings. The van der Waals surface area contributed by atoms with Crippen molar-refractivity contribution in [3.63, 3.8) is 0 Å².